The topological polar surface area (TPSA) is 78.9 Å². The molecule has 1 amide bonds. The lowest BCUT2D eigenvalue weighted by Gasteiger charge is -2.24. The molecule has 1 heterocycles. The van der Waals surface area contributed by atoms with Crippen molar-refractivity contribution in [3.63, 3.8) is 0 Å². The summed E-state index contributed by atoms with van der Waals surface area (Å²) < 4.78 is 0. The van der Waals surface area contributed by atoms with Crippen molar-refractivity contribution in [2.45, 2.75) is 52.6 Å². The molecule has 1 atom stereocenters. The Morgan fingerprint density at radius 1 is 1.43 bits per heavy atom. The molecule has 1 rings (SSSR count). The van der Waals surface area contributed by atoms with Crippen LogP contribution >= 0.6 is 11.6 Å². The second-order valence-corrected chi connectivity index (χ2v) is 6.33. The van der Waals surface area contributed by atoms with Crippen LogP contribution in [-0.2, 0) is 4.79 Å². The van der Waals surface area contributed by atoms with Crippen LogP contribution < -0.4 is 16.0 Å². The van der Waals surface area contributed by atoms with Gasteiger partial charge in [-0.3, -0.25) is 4.79 Å². The Bertz CT molecular complexity index is 487. The number of aromatic nitrogens is 2. The van der Waals surface area contributed by atoms with E-state index in [9.17, 15) is 4.79 Å². The molecular formula is C14H24ClN5O. The Kier molecular flexibility index (Phi) is 6.20. The Morgan fingerprint density at radius 2 is 2.10 bits per heavy atom. The maximum atomic E-state index is 12.1. The normalized spacial score (nSPS) is 12.7. The van der Waals surface area contributed by atoms with Gasteiger partial charge in [-0.1, -0.05) is 18.5 Å². The van der Waals surface area contributed by atoms with Crippen LogP contribution in [0.15, 0.2) is 6.20 Å². The van der Waals surface area contributed by atoms with Crippen LogP contribution in [0.1, 0.15) is 41.0 Å². The number of halogens is 1. The molecule has 21 heavy (non-hydrogen) atoms. The highest BCUT2D eigenvalue weighted by atomic mass is 35.5. The average Bonchev–Trinajstić information content (AvgIpc) is 2.37. The van der Waals surface area contributed by atoms with Crippen molar-refractivity contribution in [2.75, 3.05) is 17.2 Å². The van der Waals surface area contributed by atoms with E-state index in [1.54, 1.807) is 6.92 Å². The molecule has 3 N–H and O–H groups in total. The van der Waals surface area contributed by atoms with Crippen LogP contribution in [0.3, 0.4) is 0 Å². The van der Waals surface area contributed by atoms with E-state index in [1.807, 2.05) is 20.8 Å². The van der Waals surface area contributed by atoms with Crippen molar-refractivity contribution in [1.82, 2.24) is 15.3 Å². The van der Waals surface area contributed by atoms with Crippen LogP contribution in [0, 0.1) is 0 Å². The molecule has 6 nitrogen and oxygen atoms in total. The van der Waals surface area contributed by atoms with Crippen LogP contribution in [-0.4, -0.2) is 34.0 Å². The smallest absolute Gasteiger partial charge is 0.242 e. The van der Waals surface area contributed by atoms with E-state index in [0.717, 1.165) is 13.0 Å². The van der Waals surface area contributed by atoms with Gasteiger partial charge in [0, 0.05) is 12.1 Å². The van der Waals surface area contributed by atoms with Gasteiger partial charge in [0.2, 0.25) is 11.9 Å². The molecule has 0 spiro atoms. The zero-order valence-corrected chi connectivity index (χ0v) is 14.0. The van der Waals surface area contributed by atoms with Gasteiger partial charge in [-0.2, -0.15) is 4.98 Å². The van der Waals surface area contributed by atoms with Gasteiger partial charge in [0.25, 0.3) is 0 Å². The van der Waals surface area contributed by atoms with Crippen molar-refractivity contribution in [3.05, 3.63) is 11.2 Å². The van der Waals surface area contributed by atoms with Gasteiger partial charge in [0.15, 0.2) is 5.82 Å². The summed E-state index contributed by atoms with van der Waals surface area (Å²) in [4.78, 5) is 20.4. The number of carbonyl (C=O) groups excluding carboxylic acids is 1. The average molecular weight is 314 g/mol. The molecule has 0 saturated carbocycles. The van der Waals surface area contributed by atoms with Gasteiger partial charge in [-0.05, 0) is 34.1 Å². The molecule has 0 bridgehead atoms. The first kappa shape index (κ1) is 17.5. The van der Waals surface area contributed by atoms with Gasteiger partial charge >= 0.3 is 0 Å². The lowest BCUT2D eigenvalue weighted by atomic mass is 10.1. The minimum Gasteiger partial charge on any atom is -0.357 e. The minimum absolute atomic E-state index is 0.111. The highest BCUT2D eigenvalue weighted by Crippen LogP contribution is 2.20. The third-order valence-electron chi connectivity index (χ3n) is 2.52. The summed E-state index contributed by atoms with van der Waals surface area (Å²) in [5.74, 6) is 0.828. The Morgan fingerprint density at radius 3 is 2.67 bits per heavy atom. The summed E-state index contributed by atoms with van der Waals surface area (Å²) >= 11 is 6.07. The number of nitrogens with zero attached hydrogens (tertiary/aromatic N) is 2. The molecule has 0 aliphatic heterocycles. The van der Waals surface area contributed by atoms with E-state index in [4.69, 9.17) is 11.6 Å². The zero-order valence-electron chi connectivity index (χ0n) is 13.2. The highest BCUT2D eigenvalue weighted by molar-refractivity contribution is 6.32. The second-order valence-electron chi connectivity index (χ2n) is 5.92. The molecule has 0 aliphatic carbocycles. The van der Waals surface area contributed by atoms with Gasteiger partial charge in [0.1, 0.15) is 11.1 Å². The number of hydrogen-bond donors (Lipinski definition) is 3. The molecule has 118 valence electrons. The van der Waals surface area contributed by atoms with E-state index < -0.39 is 6.04 Å². The summed E-state index contributed by atoms with van der Waals surface area (Å²) in [6, 6.07) is -0.448. The third-order valence-corrected chi connectivity index (χ3v) is 2.80. The van der Waals surface area contributed by atoms with Crippen LogP contribution in [0.5, 0.6) is 0 Å². The third kappa shape index (κ3) is 6.16. The lowest BCUT2D eigenvalue weighted by Crippen LogP contribution is -2.47. The van der Waals surface area contributed by atoms with E-state index in [2.05, 4.69) is 32.8 Å². The molecule has 0 saturated heterocycles. The van der Waals surface area contributed by atoms with Gasteiger partial charge in [0.05, 0.1) is 6.20 Å². The van der Waals surface area contributed by atoms with Crippen LogP contribution in [0.2, 0.25) is 5.02 Å². The monoisotopic (exact) mass is 313 g/mol. The molecule has 7 heteroatoms. The first-order valence-electron chi connectivity index (χ1n) is 7.08. The summed E-state index contributed by atoms with van der Waals surface area (Å²) in [6.07, 6.45) is 2.49. The van der Waals surface area contributed by atoms with Crippen LogP contribution in [0.4, 0.5) is 11.8 Å². The van der Waals surface area contributed by atoms with Gasteiger partial charge in [-0.25, -0.2) is 4.98 Å². The number of amides is 1. The first-order valence-corrected chi connectivity index (χ1v) is 7.45. The highest BCUT2D eigenvalue weighted by Gasteiger charge is 2.20. The Hall–Kier alpha value is -1.56. The largest absolute Gasteiger partial charge is 0.357 e. The fourth-order valence-corrected chi connectivity index (χ4v) is 1.68. The van der Waals surface area contributed by atoms with E-state index in [1.165, 1.54) is 6.20 Å². The lowest BCUT2D eigenvalue weighted by molar-refractivity contribution is -0.122. The maximum absolute atomic E-state index is 12.1. The fourth-order valence-electron chi connectivity index (χ4n) is 1.54. The zero-order chi connectivity index (χ0) is 16.0. The first-order chi connectivity index (χ1) is 9.73. The predicted molar refractivity (Wildman–Crippen MR) is 86.8 cm³/mol. The van der Waals surface area contributed by atoms with Crippen molar-refractivity contribution >= 4 is 29.3 Å². The maximum Gasteiger partial charge on any atom is 0.242 e. The number of nitrogens with one attached hydrogen (secondary N) is 3. The summed E-state index contributed by atoms with van der Waals surface area (Å²) in [7, 11) is 0. The predicted octanol–water partition coefficient (Wildman–Crippen LogP) is 2.67. The molecule has 0 fully saturated rings. The molecule has 0 aromatic carbocycles. The minimum atomic E-state index is -0.448. The second kappa shape index (κ2) is 7.45. The van der Waals surface area contributed by atoms with Crippen LogP contribution in [0.25, 0.3) is 0 Å². The Labute approximate surface area is 131 Å². The molecule has 1 unspecified atom stereocenters. The van der Waals surface area contributed by atoms with E-state index >= 15 is 0 Å². The van der Waals surface area contributed by atoms with Crippen molar-refractivity contribution in [2.24, 2.45) is 0 Å². The van der Waals surface area contributed by atoms with Crippen molar-refractivity contribution in [3.8, 4) is 0 Å². The molecule has 1 aromatic rings. The summed E-state index contributed by atoms with van der Waals surface area (Å²) in [5, 5.41) is 9.38. The number of carbonyl (C=O) groups is 1. The van der Waals surface area contributed by atoms with E-state index in [-0.39, 0.29) is 11.4 Å². The summed E-state index contributed by atoms with van der Waals surface area (Å²) in [6.45, 7) is 10.4. The standard InChI is InChI=1S/C14H24ClN5O/c1-6-7-16-13-17-8-10(15)11(19-13)18-9(2)12(21)20-14(3,4)5/h8-9H,6-7H2,1-5H3,(H,20,21)(H2,16,17,18,19). The molecular weight excluding hydrogens is 290 g/mol. The summed E-state index contributed by atoms with van der Waals surface area (Å²) in [5.41, 5.74) is -0.281. The number of hydrogen-bond acceptors (Lipinski definition) is 5. The SMILES string of the molecule is CCCNc1ncc(Cl)c(NC(C)C(=O)NC(C)(C)C)n1. The van der Waals surface area contributed by atoms with Gasteiger partial charge in [-0.15, -0.1) is 0 Å². The van der Waals surface area contributed by atoms with Crippen molar-refractivity contribution in [1.29, 1.82) is 0 Å². The van der Waals surface area contributed by atoms with E-state index in [0.29, 0.717) is 16.8 Å². The molecule has 0 radical (unpaired) electrons. The van der Waals surface area contributed by atoms with Crippen molar-refractivity contribution < 1.29 is 4.79 Å². The Balaban J connectivity index is 2.74. The van der Waals surface area contributed by atoms with Gasteiger partial charge < -0.3 is 16.0 Å². The molecule has 0 aliphatic rings. The quantitative estimate of drug-likeness (QED) is 0.752. The number of rotatable bonds is 6. The number of anilines is 2. The fraction of sp³-hybridized carbons (Fsp3) is 0.643. The molecule has 1 aromatic heterocycles.